The molecule has 1 aliphatic heterocycles. The molecule has 0 aliphatic carbocycles. The monoisotopic (exact) mass is 286 g/mol. The summed E-state index contributed by atoms with van der Waals surface area (Å²) in [5.41, 5.74) is 8.63. The van der Waals surface area contributed by atoms with E-state index in [4.69, 9.17) is 15.2 Å². The normalized spacial score (nSPS) is 15.0. The Kier molecular flexibility index (Phi) is 3.87. The summed E-state index contributed by atoms with van der Waals surface area (Å²) in [6.07, 6.45) is 3.45. The Morgan fingerprint density at radius 1 is 1.24 bits per heavy atom. The van der Waals surface area contributed by atoms with Crippen LogP contribution in [-0.2, 0) is 4.74 Å². The van der Waals surface area contributed by atoms with Crippen molar-refractivity contribution in [3.8, 4) is 17.0 Å². The number of nitrogens with two attached hydrogens (primary N) is 1. The third-order valence-corrected chi connectivity index (χ3v) is 3.50. The predicted molar refractivity (Wildman–Crippen MR) is 81.5 cm³/mol. The van der Waals surface area contributed by atoms with E-state index in [1.165, 1.54) is 0 Å². The summed E-state index contributed by atoms with van der Waals surface area (Å²) in [6, 6.07) is 5.68. The van der Waals surface area contributed by atoms with Gasteiger partial charge in [0.25, 0.3) is 0 Å². The number of nitrogen functional groups attached to an aromatic ring is 1. The molecule has 2 aromatic heterocycles. The van der Waals surface area contributed by atoms with Gasteiger partial charge in [-0.15, -0.1) is 0 Å². The highest BCUT2D eigenvalue weighted by Crippen LogP contribution is 2.36. The van der Waals surface area contributed by atoms with Crippen LogP contribution >= 0.6 is 0 Å². The SMILES string of the molecule is COc1nc(N2CCOCC2)cc(N)c1-c1ccncc1. The van der Waals surface area contributed by atoms with Crippen LogP contribution in [0.2, 0.25) is 0 Å². The van der Waals surface area contributed by atoms with E-state index in [2.05, 4.69) is 14.9 Å². The second-order valence-corrected chi connectivity index (χ2v) is 4.79. The van der Waals surface area contributed by atoms with Gasteiger partial charge in [-0.1, -0.05) is 0 Å². The summed E-state index contributed by atoms with van der Waals surface area (Å²) < 4.78 is 10.8. The van der Waals surface area contributed by atoms with Crippen molar-refractivity contribution in [2.24, 2.45) is 0 Å². The fraction of sp³-hybridized carbons (Fsp3) is 0.333. The number of pyridine rings is 2. The zero-order valence-corrected chi connectivity index (χ0v) is 12.0. The average molecular weight is 286 g/mol. The van der Waals surface area contributed by atoms with E-state index >= 15 is 0 Å². The Morgan fingerprint density at radius 2 is 1.95 bits per heavy atom. The summed E-state index contributed by atoms with van der Waals surface area (Å²) in [5.74, 6) is 1.35. The van der Waals surface area contributed by atoms with Gasteiger partial charge >= 0.3 is 0 Å². The van der Waals surface area contributed by atoms with Crippen LogP contribution in [0.15, 0.2) is 30.6 Å². The minimum absolute atomic E-state index is 0.530. The van der Waals surface area contributed by atoms with E-state index in [9.17, 15) is 0 Å². The number of nitrogens with zero attached hydrogens (tertiary/aromatic N) is 3. The second-order valence-electron chi connectivity index (χ2n) is 4.79. The quantitative estimate of drug-likeness (QED) is 0.923. The molecule has 0 unspecified atom stereocenters. The van der Waals surface area contributed by atoms with Crippen molar-refractivity contribution in [2.75, 3.05) is 44.0 Å². The molecule has 0 spiro atoms. The molecule has 21 heavy (non-hydrogen) atoms. The maximum Gasteiger partial charge on any atom is 0.225 e. The van der Waals surface area contributed by atoms with Crippen molar-refractivity contribution < 1.29 is 9.47 Å². The van der Waals surface area contributed by atoms with Gasteiger partial charge in [0.15, 0.2) is 0 Å². The van der Waals surface area contributed by atoms with Crippen LogP contribution in [0.5, 0.6) is 5.88 Å². The first kappa shape index (κ1) is 13.6. The number of rotatable bonds is 3. The van der Waals surface area contributed by atoms with Crippen LogP contribution in [0.1, 0.15) is 0 Å². The molecule has 2 aromatic rings. The molecule has 0 saturated carbocycles. The Balaban J connectivity index is 2.02. The zero-order valence-electron chi connectivity index (χ0n) is 12.0. The highest BCUT2D eigenvalue weighted by molar-refractivity contribution is 5.82. The van der Waals surface area contributed by atoms with Gasteiger partial charge in [-0.3, -0.25) is 4.98 Å². The summed E-state index contributed by atoms with van der Waals surface area (Å²) >= 11 is 0. The molecule has 0 amide bonds. The number of anilines is 2. The van der Waals surface area contributed by atoms with Gasteiger partial charge in [-0.05, 0) is 17.7 Å². The van der Waals surface area contributed by atoms with Crippen molar-refractivity contribution in [1.82, 2.24) is 9.97 Å². The Labute approximate surface area is 123 Å². The number of ether oxygens (including phenoxy) is 2. The lowest BCUT2D eigenvalue weighted by atomic mass is 10.1. The molecule has 6 nitrogen and oxygen atoms in total. The molecule has 3 rings (SSSR count). The first-order chi connectivity index (χ1) is 10.3. The van der Waals surface area contributed by atoms with Crippen molar-refractivity contribution in [1.29, 1.82) is 0 Å². The standard InChI is InChI=1S/C15H18N4O2/c1-20-15-14(11-2-4-17-5-3-11)12(16)10-13(18-15)19-6-8-21-9-7-19/h2-5,10H,6-9H2,1H3,(H2,16,18). The number of methoxy groups -OCH3 is 1. The maximum atomic E-state index is 6.24. The third kappa shape index (κ3) is 2.75. The lowest BCUT2D eigenvalue weighted by molar-refractivity contribution is 0.122. The van der Waals surface area contributed by atoms with E-state index < -0.39 is 0 Å². The van der Waals surface area contributed by atoms with E-state index in [1.807, 2.05) is 18.2 Å². The van der Waals surface area contributed by atoms with E-state index in [0.29, 0.717) is 24.8 Å². The molecule has 1 aliphatic rings. The van der Waals surface area contributed by atoms with E-state index in [-0.39, 0.29) is 0 Å². The molecule has 0 aromatic carbocycles. The minimum atomic E-state index is 0.530. The molecule has 0 bridgehead atoms. The first-order valence-corrected chi connectivity index (χ1v) is 6.87. The van der Waals surface area contributed by atoms with Gasteiger partial charge in [-0.2, -0.15) is 4.98 Å². The Hall–Kier alpha value is -2.34. The summed E-state index contributed by atoms with van der Waals surface area (Å²) in [7, 11) is 1.61. The van der Waals surface area contributed by atoms with E-state index in [1.54, 1.807) is 19.5 Å². The number of hydrogen-bond donors (Lipinski definition) is 1. The van der Waals surface area contributed by atoms with Crippen molar-refractivity contribution in [2.45, 2.75) is 0 Å². The van der Waals surface area contributed by atoms with Gasteiger partial charge in [0.2, 0.25) is 5.88 Å². The summed E-state index contributed by atoms with van der Waals surface area (Å²) in [4.78, 5) is 10.8. The molecule has 6 heteroatoms. The number of hydrogen-bond acceptors (Lipinski definition) is 6. The molecule has 110 valence electrons. The molecule has 0 atom stereocenters. The Bertz CT molecular complexity index is 613. The minimum Gasteiger partial charge on any atom is -0.480 e. The maximum absolute atomic E-state index is 6.24. The van der Waals surface area contributed by atoms with Gasteiger partial charge in [-0.25, -0.2) is 0 Å². The van der Waals surface area contributed by atoms with Gasteiger partial charge < -0.3 is 20.1 Å². The van der Waals surface area contributed by atoms with Crippen LogP contribution in [0.25, 0.3) is 11.1 Å². The lowest BCUT2D eigenvalue weighted by Crippen LogP contribution is -2.36. The largest absolute Gasteiger partial charge is 0.480 e. The Morgan fingerprint density at radius 3 is 2.62 bits per heavy atom. The summed E-state index contributed by atoms with van der Waals surface area (Å²) in [5, 5.41) is 0. The zero-order chi connectivity index (χ0) is 14.7. The van der Waals surface area contributed by atoms with Crippen LogP contribution in [0, 0.1) is 0 Å². The summed E-state index contributed by atoms with van der Waals surface area (Å²) in [6.45, 7) is 3.03. The average Bonchev–Trinajstić information content (AvgIpc) is 2.55. The van der Waals surface area contributed by atoms with E-state index in [0.717, 1.165) is 30.0 Å². The van der Waals surface area contributed by atoms with Crippen molar-refractivity contribution in [3.63, 3.8) is 0 Å². The van der Waals surface area contributed by atoms with Crippen LogP contribution in [0.4, 0.5) is 11.5 Å². The number of aromatic nitrogens is 2. The fourth-order valence-corrected chi connectivity index (χ4v) is 2.44. The molecule has 2 N–H and O–H groups in total. The molecule has 1 fully saturated rings. The van der Waals surface area contributed by atoms with Crippen LogP contribution in [-0.4, -0.2) is 43.4 Å². The van der Waals surface area contributed by atoms with Crippen molar-refractivity contribution >= 4 is 11.5 Å². The van der Waals surface area contributed by atoms with Crippen LogP contribution < -0.4 is 15.4 Å². The number of morpholine rings is 1. The highest BCUT2D eigenvalue weighted by Gasteiger charge is 2.18. The topological polar surface area (TPSA) is 73.5 Å². The molecular formula is C15H18N4O2. The predicted octanol–water partition coefficient (Wildman–Crippen LogP) is 1.57. The molecule has 0 radical (unpaired) electrons. The lowest BCUT2D eigenvalue weighted by Gasteiger charge is -2.28. The first-order valence-electron chi connectivity index (χ1n) is 6.87. The molecule has 1 saturated heterocycles. The fourth-order valence-electron chi connectivity index (χ4n) is 2.44. The second kappa shape index (κ2) is 5.97. The van der Waals surface area contributed by atoms with Gasteiger partial charge in [0.05, 0.1) is 25.9 Å². The van der Waals surface area contributed by atoms with Crippen LogP contribution in [0.3, 0.4) is 0 Å². The van der Waals surface area contributed by atoms with Gasteiger partial charge in [0.1, 0.15) is 5.82 Å². The van der Waals surface area contributed by atoms with Gasteiger partial charge in [0, 0.05) is 37.2 Å². The van der Waals surface area contributed by atoms with Crippen molar-refractivity contribution in [3.05, 3.63) is 30.6 Å². The highest BCUT2D eigenvalue weighted by atomic mass is 16.5. The third-order valence-electron chi connectivity index (χ3n) is 3.50. The smallest absolute Gasteiger partial charge is 0.225 e. The molecule has 3 heterocycles. The molecular weight excluding hydrogens is 268 g/mol.